The molecule has 0 saturated carbocycles. The van der Waals surface area contributed by atoms with Crippen LogP contribution in [0, 0.1) is 17.1 Å². The van der Waals surface area contributed by atoms with E-state index < -0.39 is 11.9 Å². The summed E-state index contributed by atoms with van der Waals surface area (Å²) in [5.41, 5.74) is 1.13. The van der Waals surface area contributed by atoms with Crippen molar-refractivity contribution in [2.45, 2.75) is 19.6 Å². The van der Waals surface area contributed by atoms with Crippen LogP contribution in [0.2, 0.25) is 5.02 Å². The lowest BCUT2D eigenvalue weighted by Crippen LogP contribution is -2.03. The number of nitrogens with zero attached hydrogens (tertiary/aromatic N) is 1. The third-order valence-electron chi connectivity index (χ3n) is 2.99. The van der Waals surface area contributed by atoms with Crippen molar-refractivity contribution in [2.24, 2.45) is 0 Å². The molecule has 0 aliphatic heterocycles. The fraction of sp³-hybridized carbons (Fsp3) is 0.188. The first-order valence-electron chi connectivity index (χ1n) is 6.30. The number of rotatable bonds is 4. The highest BCUT2D eigenvalue weighted by atomic mass is 35.5. The van der Waals surface area contributed by atoms with Crippen molar-refractivity contribution in [1.82, 2.24) is 0 Å². The molecule has 0 spiro atoms. The molecule has 1 unspecified atom stereocenters. The number of nitriles is 1. The number of ether oxygens (including phenoxy) is 1. The number of aliphatic hydroxyl groups excluding tert-OH is 1. The van der Waals surface area contributed by atoms with Gasteiger partial charge in [-0.2, -0.15) is 5.26 Å². The van der Waals surface area contributed by atoms with E-state index in [1.54, 1.807) is 25.1 Å². The van der Waals surface area contributed by atoms with E-state index >= 15 is 0 Å². The molecule has 0 aliphatic carbocycles. The molecule has 0 aromatic heterocycles. The molecule has 0 heterocycles. The van der Waals surface area contributed by atoms with Crippen LogP contribution in [0.5, 0.6) is 5.75 Å². The Morgan fingerprint density at radius 1 is 1.33 bits per heavy atom. The molecule has 1 N–H and O–H groups in total. The van der Waals surface area contributed by atoms with Crippen molar-refractivity contribution in [3.8, 4) is 11.8 Å². The fourth-order valence-electron chi connectivity index (χ4n) is 1.87. The normalized spacial score (nSPS) is 11.8. The topological polar surface area (TPSA) is 53.2 Å². The molecule has 0 saturated heterocycles. The van der Waals surface area contributed by atoms with Gasteiger partial charge in [-0.1, -0.05) is 17.7 Å². The average Bonchev–Trinajstić information content (AvgIpc) is 2.46. The third kappa shape index (κ3) is 3.72. The lowest BCUT2D eigenvalue weighted by Gasteiger charge is -2.14. The molecule has 108 valence electrons. The van der Waals surface area contributed by atoms with Crippen LogP contribution in [0.1, 0.15) is 29.7 Å². The van der Waals surface area contributed by atoms with Crippen LogP contribution in [0.25, 0.3) is 0 Å². The van der Waals surface area contributed by atoms with Gasteiger partial charge in [0.1, 0.15) is 18.2 Å². The Bertz CT molecular complexity index is 695. The van der Waals surface area contributed by atoms with Gasteiger partial charge >= 0.3 is 0 Å². The molecule has 0 bridgehead atoms. The summed E-state index contributed by atoms with van der Waals surface area (Å²) in [6, 6.07) is 10.9. The summed E-state index contributed by atoms with van der Waals surface area (Å²) < 4.78 is 19.3. The minimum atomic E-state index is -0.746. The quantitative estimate of drug-likeness (QED) is 0.929. The van der Waals surface area contributed by atoms with Crippen molar-refractivity contribution in [1.29, 1.82) is 5.26 Å². The first-order chi connectivity index (χ1) is 10.0. The standard InChI is InChI=1S/C16H13ClFNO2/c1-10(20)14-7-13(17)4-5-16(14)21-9-12-3-2-11(8-19)6-15(12)18/h2-7,10,20H,9H2,1H3. The van der Waals surface area contributed by atoms with Crippen molar-refractivity contribution < 1.29 is 14.2 Å². The Morgan fingerprint density at radius 2 is 2.10 bits per heavy atom. The minimum absolute atomic E-state index is 0.00110. The molecular weight excluding hydrogens is 293 g/mol. The van der Waals surface area contributed by atoms with Crippen molar-refractivity contribution in [3.63, 3.8) is 0 Å². The largest absolute Gasteiger partial charge is 0.488 e. The number of aliphatic hydroxyl groups is 1. The van der Waals surface area contributed by atoms with E-state index in [4.69, 9.17) is 21.6 Å². The number of halogens is 2. The van der Waals surface area contributed by atoms with E-state index in [0.29, 0.717) is 21.9 Å². The highest BCUT2D eigenvalue weighted by molar-refractivity contribution is 6.30. The van der Waals surface area contributed by atoms with Gasteiger partial charge in [0, 0.05) is 16.1 Å². The average molecular weight is 306 g/mol. The van der Waals surface area contributed by atoms with Gasteiger partial charge in [-0.25, -0.2) is 4.39 Å². The molecule has 1 atom stereocenters. The van der Waals surface area contributed by atoms with Gasteiger partial charge in [0.15, 0.2) is 0 Å². The molecule has 3 nitrogen and oxygen atoms in total. The Morgan fingerprint density at radius 3 is 2.71 bits per heavy atom. The van der Waals surface area contributed by atoms with Gasteiger partial charge < -0.3 is 9.84 Å². The second-order valence-corrected chi connectivity index (χ2v) is 5.00. The van der Waals surface area contributed by atoms with Crippen molar-refractivity contribution in [3.05, 3.63) is 63.9 Å². The molecule has 2 aromatic carbocycles. The van der Waals surface area contributed by atoms with Crippen LogP contribution in [-0.2, 0) is 6.61 Å². The molecular formula is C16H13ClFNO2. The molecule has 5 heteroatoms. The van der Waals surface area contributed by atoms with Gasteiger partial charge in [0.2, 0.25) is 0 Å². The Balaban J connectivity index is 2.19. The highest BCUT2D eigenvalue weighted by Crippen LogP contribution is 2.29. The number of hydrogen-bond donors (Lipinski definition) is 1. The maximum atomic E-state index is 13.8. The van der Waals surface area contributed by atoms with E-state index in [-0.39, 0.29) is 12.2 Å². The van der Waals surface area contributed by atoms with Crippen LogP contribution in [0.4, 0.5) is 4.39 Å². The van der Waals surface area contributed by atoms with Crippen LogP contribution in [-0.4, -0.2) is 5.11 Å². The lowest BCUT2D eigenvalue weighted by atomic mass is 10.1. The maximum Gasteiger partial charge on any atom is 0.131 e. The first-order valence-corrected chi connectivity index (χ1v) is 6.68. The zero-order chi connectivity index (χ0) is 15.4. The molecule has 0 amide bonds. The summed E-state index contributed by atoms with van der Waals surface area (Å²) in [4.78, 5) is 0. The zero-order valence-electron chi connectivity index (χ0n) is 11.3. The van der Waals surface area contributed by atoms with E-state index in [1.165, 1.54) is 12.1 Å². The monoisotopic (exact) mass is 305 g/mol. The third-order valence-corrected chi connectivity index (χ3v) is 3.22. The summed E-state index contributed by atoms with van der Waals surface area (Å²) in [7, 11) is 0. The van der Waals surface area contributed by atoms with Crippen LogP contribution in [0.15, 0.2) is 36.4 Å². The van der Waals surface area contributed by atoms with E-state index in [0.717, 1.165) is 6.07 Å². The molecule has 0 fully saturated rings. The Hall–Kier alpha value is -2.09. The minimum Gasteiger partial charge on any atom is -0.488 e. The van der Waals surface area contributed by atoms with Crippen LogP contribution in [0.3, 0.4) is 0 Å². The number of hydrogen-bond acceptors (Lipinski definition) is 3. The van der Waals surface area contributed by atoms with E-state index in [9.17, 15) is 9.50 Å². The summed E-state index contributed by atoms with van der Waals surface area (Å²) in [5.74, 6) is -0.0558. The van der Waals surface area contributed by atoms with E-state index in [2.05, 4.69) is 0 Å². The summed E-state index contributed by atoms with van der Waals surface area (Å²) in [6.07, 6.45) is -0.746. The van der Waals surface area contributed by atoms with Crippen LogP contribution >= 0.6 is 11.6 Å². The predicted molar refractivity (Wildman–Crippen MR) is 77.5 cm³/mol. The first kappa shape index (κ1) is 15.3. The number of benzene rings is 2. The van der Waals surface area contributed by atoms with Crippen molar-refractivity contribution >= 4 is 11.6 Å². The van der Waals surface area contributed by atoms with Gasteiger partial charge in [-0.15, -0.1) is 0 Å². The second-order valence-electron chi connectivity index (χ2n) is 4.56. The van der Waals surface area contributed by atoms with Gasteiger partial charge in [0.05, 0.1) is 17.7 Å². The molecule has 0 aliphatic rings. The SMILES string of the molecule is CC(O)c1cc(Cl)ccc1OCc1ccc(C#N)cc1F. The summed E-state index contributed by atoms with van der Waals surface area (Å²) in [5, 5.41) is 18.9. The Kier molecular flexibility index (Phi) is 4.79. The molecule has 0 radical (unpaired) electrons. The fourth-order valence-corrected chi connectivity index (χ4v) is 2.05. The molecule has 2 rings (SSSR count). The molecule has 21 heavy (non-hydrogen) atoms. The summed E-state index contributed by atoms with van der Waals surface area (Å²) >= 11 is 5.88. The van der Waals surface area contributed by atoms with Crippen LogP contribution < -0.4 is 4.74 Å². The van der Waals surface area contributed by atoms with Gasteiger partial charge in [-0.05, 0) is 37.3 Å². The van der Waals surface area contributed by atoms with Crippen molar-refractivity contribution in [2.75, 3.05) is 0 Å². The highest BCUT2D eigenvalue weighted by Gasteiger charge is 2.11. The second kappa shape index (κ2) is 6.57. The lowest BCUT2D eigenvalue weighted by molar-refractivity contribution is 0.190. The molecule has 2 aromatic rings. The maximum absolute atomic E-state index is 13.8. The zero-order valence-corrected chi connectivity index (χ0v) is 12.1. The van der Waals surface area contributed by atoms with Gasteiger partial charge in [0.25, 0.3) is 0 Å². The smallest absolute Gasteiger partial charge is 0.131 e. The van der Waals surface area contributed by atoms with E-state index in [1.807, 2.05) is 6.07 Å². The Labute approximate surface area is 127 Å². The van der Waals surface area contributed by atoms with Gasteiger partial charge in [-0.3, -0.25) is 0 Å². The predicted octanol–water partition coefficient (Wildman–Crippen LogP) is 3.98. The summed E-state index contributed by atoms with van der Waals surface area (Å²) in [6.45, 7) is 1.60.